The first-order chi connectivity index (χ1) is 8.83. The van der Waals surface area contributed by atoms with E-state index in [2.05, 4.69) is 58.9 Å². The first kappa shape index (κ1) is 22.7. The predicted molar refractivity (Wildman–Crippen MR) is 113 cm³/mol. The fourth-order valence-electron chi connectivity index (χ4n) is 3.13. The normalized spacial score (nSPS) is 15.2. The molecule has 0 radical (unpaired) electrons. The van der Waals surface area contributed by atoms with Gasteiger partial charge in [0.2, 0.25) is 0 Å². The zero-order chi connectivity index (χ0) is 17.3. The fourth-order valence-corrected chi connectivity index (χ4v) is 35.5. The molecule has 0 saturated heterocycles. The third kappa shape index (κ3) is 12.7. The van der Waals surface area contributed by atoms with E-state index >= 15 is 0 Å². The molecule has 0 aliphatic heterocycles. The Balaban J connectivity index is 6.09. The Kier molecular flexibility index (Phi) is 7.88. The summed E-state index contributed by atoms with van der Waals surface area (Å²) in [5, 5.41) is 0. The predicted octanol–water partition coefficient (Wildman–Crippen LogP) is 7.41. The van der Waals surface area contributed by atoms with Gasteiger partial charge in [0, 0.05) is 0 Å². The Morgan fingerprint density at radius 3 is 1.10 bits per heavy atom. The standard InChI is InChI=1S/C12H33Cl2NOP2Si3/c1-19(2,3)10-17(11-20(4,5)6,12-21(7,8)9)15-18(13,14)16/h10-12H2,1-9H3. The molecule has 0 rings (SSSR count). The first-order valence-corrected chi connectivity index (χ1v) is 24.3. The summed E-state index contributed by atoms with van der Waals surface area (Å²) in [6.45, 7) is 21.4. The summed E-state index contributed by atoms with van der Waals surface area (Å²) >= 11 is 11.9. The van der Waals surface area contributed by atoms with Crippen LogP contribution in [0.1, 0.15) is 0 Å². The highest BCUT2D eigenvalue weighted by Crippen LogP contribution is 2.69. The van der Waals surface area contributed by atoms with Crippen molar-refractivity contribution in [2.75, 3.05) is 17.4 Å². The summed E-state index contributed by atoms with van der Waals surface area (Å²) in [6, 6.07) is 0. The quantitative estimate of drug-likeness (QED) is 0.309. The summed E-state index contributed by atoms with van der Waals surface area (Å²) in [5.74, 6) is 0.0507. The number of nitrogens with zero attached hydrogens (tertiary/aromatic N) is 1. The van der Waals surface area contributed by atoms with Crippen molar-refractivity contribution in [3.8, 4) is 0 Å². The zero-order valence-electron chi connectivity index (χ0n) is 15.1. The molecule has 0 aromatic rings. The second kappa shape index (κ2) is 7.29. The van der Waals surface area contributed by atoms with Crippen LogP contribution in [0.25, 0.3) is 0 Å². The van der Waals surface area contributed by atoms with Crippen molar-refractivity contribution in [3.05, 3.63) is 0 Å². The largest absolute Gasteiger partial charge is 0.362 e. The van der Waals surface area contributed by atoms with Crippen molar-refractivity contribution in [1.82, 2.24) is 0 Å². The molecule has 0 aromatic carbocycles. The van der Waals surface area contributed by atoms with Crippen LogP contribution in [0.5, 0.6) is 0 Å². The highest BCUT2D eigenvalue weighted by molar-refractivity contribution is 8.09. The minimum absolute atomic E-state index is 1.14. The van der Waals surface area contributed by atoms with Crippen molar-refractivity contribution in [1.29, 1.82) is 0 Å². The summed E-state index contributed by atoms with van der Waals surface area (Å²) in [4.78, 5) is 0. The molecule has 0 unspecified atom stereocenters. The van der Waals surface area contributed by atoms with Gasteiger partial charge >= 0.3 is 6.00 Å². The topological polar surface area (TPSA) is 29.4 Å². The second-order valence-corrected chi connectivity index (χ2v) is 36.0. The lowest BCUT2D eigenvalue weighted by atomic mass is 11.7. The SMILES string of the molecule is C[Si](C)(C)CP(C[Si](C)(C)C)(C[Si](C)(C)C)=NP(=O)(Cl)Cl. The zero-order valence-corrected chi connectivity index (χ0v) is 21.4. The second-order valence-electron chi connectivity index (χ2n) is 9.78. The molecule has 0 spiro atoms. The minimum atomic E-state index is -3.36. The Hall–Kier alpha value is 1.69. The molecule has 0 aliphatic carbocycles. The van der Waals surface area contributed by atoms with E-state index in [1.165, 1.54) is 0 Å². The Morgan fingerprint density at radius 2 is 0.952 bits per heavy atom. The van der Waals surface area contributed by atoms with Gasteiger partial charge in [-0.05, 0) is 46.9 Å². The Morgan fingerprint density at radius 1 is 0.714 bits per heavy atom. The number of halogens is 2. The van der Waals surface area contributed by atoms with Crippen molar-refractivity contribution in [2.45, 2.75) is 58.9 Å². The molecule has 128 valence electrons. The summed E-state index contributed by atoms with van der Waals surface area (Å²) in [5.41, 5.74) is 0. The highest BCUT2D eigenvalue weighted by Gasteiger charge is 2.37. The van der Waals surface area contributed by atoms with Gasteiger partial charge < -0.3 is 0 Å². The number of hydrogen-bond donors (Lipinski definition) is 0. The van der Waals surface area contributed by atoms with Crippen LogP contribution in [0.3, 0.4) is 0 Å². The van der Waals surface area contributed by atoms with Crippen molar-refractivity contribution in [3.63, 3.8) is 0 Å². The van der Waals surface area contributed by atoms with Crippen LogP contribution in [0.15, 0.2) is 4.52 Å². The van der Waals surface area contributed by atoms with Crippen LogP contribution in [0, 0.1) is 0 Å². The molecule has 0 aliphatic rings. The highest BCUT2D eigenvalue weighted by atomic mass is 35.9. The maximum absolute atomic E-state index is 12.1. The number of rotatable bonds is 7. The third-order valence-corrected chi connectivity index (χ3v) is 24.6. The van der Waals surface area contributed by atoms with Crippen LogP contribution >= 0.6 is 35.5 Å². The van der Waals surface area contributed by atoms with Gasteiger partial charge in [0.05, 0.1) is 24.2 Å². The molecule has 0 atom stereocenters. The average molecular weight is 425 g/mol. The van der Waals surface area contributed by atoms with Crippen LogP contribution in [0.4, 0.5) is 0 Å². The van der Waals surface area contributed by atoms with E-state index in [4.69, 9.17) is 27.0 Å². The monoisotopic (exact) mass is 423 g/mol. The van der Waals surface area contributed by atoms with Crippen LogP contribution < -0.4 is 0 Å². The fraction of sp³-hybridized carbons (Fsp3) is 1.00. The molecule has 21 heavy (non-hydrogen) atoms. The van der Waals surface area contributed by atoms with Gasteiger partial charge in [0.1, 0.15) is 0 Å². The molecule has 0 saturated carbocycles. The molecule has 9 heteroatoms. The third-order valence-electron chi connectivity index (χ3n) is 2.60. The summed E-state index contributed by atoms with van der Waals surface area (Å²) in [6.07, 6.45) is 0. The Bertz CT molecular complexity index is 411. The van der Waals surface area contributed by atoms with E-state index in [9.17, 15) is 4.57 Å². The maximum atomic E-state index is 12.1. The molecule has 0 amide bonds. The van der Waals surface area contributed by atoms with Crippen LogP contribution in [-0.2, 0) is 4.57 Å². The van der Waals surface area contributed by atoms with E-state index in [0.29, 0.717) is 0 Å². The summed E-state index contributed by atoms with van der Waals surface area (Å²) in [7, 11) is -5.69. The van der Waals surface area contributed by atoms with Gasteiger partial charge in [0.25, 0.3) is 0 Å². The lowest BCUT2D eigenvalue weighted by molar-refractivity contribution is 0.594. The maximum Gasteiger partial charge on any atom is 0.362 e. The lowest BCUT2D eigenvalue weighted by Crippen LogP contribution is -2.38. The van der Waals surface area contributed by atoms with Crippen LogP contribution in [-0.4, -0.2) is 41.6 Å². The van der Waals surface area contributed by atoms with E-state index in [1.54, 1.807) is 0 Å². The molecule has 0 bridgehead atoms. The molecule has 0 heterocycles. The molecule has 0 fully saturated rings. The number of hydrogen-bond acceptors (Lipinski definition) is 1. The van der Waals surface area contributed by atoms with Gasteiger partial charge in [0.15, 0.2) is 0 Å². The van der Waals surface area contributed by atoms with Gasteiger partial charge in [-0.3, -0.25) is 4.57 Å². The lowest BCUT2D eigenvalue weighted by Gasteiger charge is -2.38. The van der Waals surface area contributed by atoms with E-state index in [1.807, 2.05) is 0 Å². The van der Waals surface area contributed by atoms with E-state index in [-0.39, 0.29) is 0 Å². The van der Waals surface area contributed by atoms with Gasteiger partial charge in [-0.15, -0.1) is 0 Å². The van der Waals surface area contributed by atoms with E-state index in [0.717, 1.165) is 17.4 Å². The minimum Gasteiger partial charge on any atom is -0.262 e. The molecule has 2 nitrogen and oxygen atoms in total. The molecule has 0 aromatic heterocycles. The van der Waals surface area contributed by atoms with Crippen molar-refractivity contribution < 1.29 is 4.57 Å². The molecular weight excluding hydrogens is 391 g/mol. The average Bonchev–Trinajstić information content (AvgIpc) is 1.83. The van der Waals surface area contributed by atoms with Crippen LogP contribution in [0.2, 0.25) is 58.9 Å². The van der Waals surface area contributed by atoms with E-state index < -0.39 is 37.3 Å². The van der Waals surface area contributed by atoms with Crippen molar-refractivity contribution in [2.24, 2.45) is 4.52 Å². The van der Waals surface area contributed by atoms with Gasteiger partial charge in [-0.1, -0.05) is 58.9 Å². The van der Waals surface area contributed by atoms with Crippen molar-refractivity contribution >= 4 is 59.8 Å². The smallest absolute Gasteiger partial charge is 0.262 e. The Labute approximate surface area is 144 Å². The van der Waals surface area contributed by atoms with Gasteiger partial charge in [-0.2, -0.15) is 0 Å². The summed E-state index contributed by atoms with van der Waals surface area (Å²) < 4.78 is 16.8. The first-order valence-electron chi connectivity index (χ1n) is 7.43. The molecular formula is C12H33Cl2NOP2Si3. The van der Waals surface area contributed by atoms with Gasteiger partial charge in [-0.25, -0.2) is 4.52 Å². The molecule has 0 N–H and O–H groups in total.